The second-order valence-corrected chi connectivity index (χ2v) is 8.79. The highest BCUT2D eigenvalue weighted by Gasteiger charge is 2.43. The standard InChI is InChI=1S/C21H24F2N8O3/c1-24-20(33)30(15-4-5-21(22,23)7-15)10-12-6-16-27-14(11-31(16)26-8-12)9-25-19(32)18-17(13-2-3-13)28-34-29-18/h6,8,11,13,15H,2-5,7,9-10H2,1H3,(H,24,33)(H,25,32). The number of imidazole rings is 1. The van der Waals surface area contributed by atoms with Gasteiger partial charge in [-0.2, -0.15) is 5.10 Å². The van der Waals surface area contributed by atoms with E-state index in [-0.39, 0.29) is 49.9 Å². The summed E-state index contributed by atoms with van der Waals surface area (Å²) in [5.74, 6) is -2.92. The van der Waals surface area contributed by atoms with Crippen LogP contribution in [0, 0.1) is 0 Å². The number of hydrogen-bond donors (Lipinski definition) is 2. The maximum atomic E-state index is 13.7. The van der Waals surface area contributed by atoms with Crippen molar-refractivity contribution in [3.8, 4) is 0 Å². The van der Waals surface area contributed by atoms with Gasteiger partial charge in [0.1, 0.15) is 5.69 Å². The molecule has 0 spiro atoms. The van der Waals surface area contributed by atoms with E-state index in [0.717, 1.165) is 12.8 Å². The van der Waals surface area contributed by atoms with Crippen molar-refractivity contribution >= 4 is 17.6 Å². The molecule has 0 saturated heterocycles. The van der Waals surface area contributed by atoms with Crippen molar-refractivity contribution in [2.24, 2.45) is 0 Å². The first-order valence-electron chi connectivity index (χ1n) is 11.1. The van der Waals surface area contributed by atoms with Gasteiger partial charge in [-0.1, -0.05) is 5.16 Å². The van der Waals surface area contributed by atoms with Gasteiger partial charge in [0.05, 0.1) is 24.6 Å². The highest BCUT2D eigenvalue weighted by Crippen LogP contribution is 2.40. The van der Waals surface area contributed by atoms with Gasteiger partial charge >= 0.3 is 6.03 Å². The minimum Gasteiger partial charge on any atom is -0.345 e. The molecule has 3 aromatic rings. The predicted octanol–water partition coefficient (Wildman–Crippen LogP) is 2.25. The third kappa shape index (κ3) is 4.54. The molecule has 11 nitrogen and oxygen atoms in total. The fraction of sp³-hybridized carbons (Fsp3) is 0.524. The van der Waals surface area contributed by atoms with Crippen molar-refractivity contribution in [3.05, 3.63) is 41.1 Å². The SMILES string of the molecule is CNC(=O)N(Cc1cnn2cc(CNC(=O)c3nonc3C3CC3)nc2c1)C1CCC(F)(F)C1. The molecule has 1 unspecified atom stereocenters. The van der Waals surface area contributed by atoms with Crippen molar-refractivity contribution in [2.75, 3.05) is 7.05 Å². The number of fused-ring (bicyclic) bond motifs is 1. The molecule has 13 heteroatoms. The molecule has 0 aliphatic heterocycles. The molecule has 3 heterocycles. The lowest BCUT2D eigenvalue weighted by Crippen LogP contribution is -2.44. The molecule has 34 heavy (non-hydrogen) atoms. The van der Waals surface area contributed by atoms with Gasteiger partial charge in [0.25, 0.3) is 5.91 Å². The Morgan fingerprint density at radius 2 is 2.12 bits per heavy atom. The first-order chi connectivity index (χ1) is 16.3. The second kappa shape index (κ2) is 8.61. The number of urea groups is 1. The summed E-state index contributed by atoms with van der Waals surface area (Å²) in [5, 5.41) is 17.1. The molecule has 5 rings (SSSR count). The minimum atomic E-state index is -2.76. The van der Waals surface area contributed by atoms with Gasteiger partial charge in [0.15, 0.2) is 11.3 Å². The summed E-state index contributed by atoms with van der Waals surface area (Å²) in [6, 6.07) is 0.777. The summed E-state index contributed by atoms with van der Waals surface area (Å²) in [5.41, 5.74) is 2.52. The third-order valence-electron chi connectivity index (χ3n) is 6.20. The van der Waals surface area contributed by atoms with Crippen LogP contribution < -0.4 is 10.6 Å². The van der Waals surface area contributed by atoms with Crippen LogP contribution in [0.5, 0.6) is 0 Å². The van der Waals surface area contributed by atoms with E-state index in [2.05, 4.69) is 31.0 Å². The lowest BCUT2D eigenvalue weighted by molar-refractivity contribution is 0.00259. The molecule has 2 fully saturated rings. The molecule has 3 aromatic heterocycles. The number of nitrogens with one attached hydrogen (secondary N) is 2. The number of nitrogens with zero attached hydrogens (tertiary/aromatic N) is 6. The molecule has 2 aliphatic rings. The van der Waals surface area contributed by atoms with Crippen molar-refractivity contribution in [3.63, 3.8) is 0 Å². The number of carbonyl (C=O) groups excluding carboxylic acids is 2. The van der Waals surface area contributed by atoms with E-state index in [1.165, 1.54) is 11.9 Å². The Labute approximate surface area is 192 Å². The molecule has 0 aromatic carbocycles. The van der Waals surface area contributed by atoms with Crippen LogP contribution in [0.25, 0.3) is 5.65 Å². The van der Waals surface area contributed by atoms with E-state index in [9.17, 15) is 18.4 Å². The van der Waals surface area contributed by atoms with Crippen molar-refractivity contribution in [1.29, 1.82) is 0 Å². The Bertz CT molecular complexity index is 1220. The minimum absolute atomic E-state index is 0.131. The Kier molecular flexibility index (Phi) is 5.62. The van der Waals surface area contributed by atoms with Crippen molar-refractivity contribution < 1.29 is 23.0 Å². The Hall–Kier alpha value is -3.64. The van der Waals surface area contributed by atoms with E-state index in [0.29, 0.717) is 22.6 Å². The molecule has 2 N–H and O–H groups in total. The zero-order valence-corrected chi connectivity index (χ0v) is 18.5. The van der Waals surface area contributed by atoms with Crippen molar-refractivity contribution in [1.82, 2.24) is 40.4 Å². The van der Waals surface area contributed by atoms with Gasteiger partial charge < -0.3 is 15.5 Å². The monoisotopic (exact) mass is 474 g/mol. The fourth-order valence-corrected chi connectivity index (χ4v) is 4.27. The number of amides is 3. The smallest absolute Gasteiger partial charge is 0.317 e. The first kappa shape index (κ1) is 22.2. The third-order valence-corrected chi connectivity index (χ3v) is 6.20. The zero-order chi connectivity index (χ0) is 23.9. The largest absolute Gasteiger partial charge is 0.345 e. The summed E-state index contributed by atoms with van der Waals surface area (Å²) in [7, 11) is 1.47. The number of rotatable bonds is 7. The van der Waals surface area contributed by atoms with Gasteiger partial charge in [-0.25, -0.2) is 27.7 Å². The summed E-state index contributed by atoms with van der Waals surface area (Å²) in [4.78, 5) is 30.7. The van der Waals surface area contributed by atoms with Crippen LogP contribution in [0.15, 0.2) is 23.1 Å². The average Bonchev–Trinajstić information content (AvgIpc) is 3.23. The van der Waals surface area contributed by atoms with Crippen molar-refractivity contribution in [2.45, 2.75) is 63.1 Å². The number of aromatic nitrogens is 5. The summed E-state index contributed by atoms with van der Waals surface area (Å²) >= 11 is 0. The predicted molar refractivity (Wildman–Crippen MR) is 113 cm³/mol. The molecule has 3 amide bonds. The first-order valence-corrected chi connectivity index (χ1v) is 11.1. The van der Waals surface area contributed by atoms with Crippen LogP contribution in [0.3, 0.4) is 0 Å². The van der Waals surface area contributed by atoms with E-state index >= 15 is 0 Å². The molecule has 0 radical (unpaired) electrons. The molecule has 1 atom stereocenters. The van der Waals surface area contributed by atoms with Gasteiger partial charge in [0.2, 0.25) is 5.92 Å². The van der Waals surface area contributed by atoms with Gasteiger partial charge in [-0.3, -0.25) is 4.79 Å². The summed E-state index contributed by atoms with van der Waals surface area (Å²) < 4.78 is 33.7. The van der Waals surface area contributed by atoms with Crippen LogP contribution in [0.1, 0.15) is 65.5 Å². The van der Waals surface area contributed by atoms with Crippen LogP contribution in [0.2, 0.25) is 0 Å². The van der Waals surface area contributed by atoms with E-state index in [4.69, 9.17) is 4.63 Å². The number of halogens is 2. The second-order valence-electron chi connectivity index (χ2n) is 8.79. The van der Waals surface area contributed by atoms with E-state index in [1.54, 1.807) is 23.0 Å². The van der Waals surface area contributed by atoms with E-state index < -0.39 is 18.0 Å². The van der Waals surface area contributed by atoms with Gasteiger partial charge in [-0.05, 0) is 36.0 Å². The number of alkyl halides is 2. The molecule has 180 valence electrons. The average molecular weight is 474 g/mol. The summed E-state index contributed by atoms with van der Waals surface area (Å²) in [6.07, 6.45) is 4.84. The Morgan fingerprint density at radius 3 is 2.82 bits per heavy atom. The Balaban J connectivity index is 1.27. The lowest BCUT2D eigenvalue weighted by atomic mass is 10.2. The molecule has 2 aliphatic carbocycles. The maximum absolute atomic E-state index is 13.7. The van der Waals surface area contributed by atoms with Crippen LogP contribution in [-0.4, -0.2) is 60.8 Å². The van der Waals surface area contributed by atoms with Gasteiger partial charge in [0, 0.05) is 38.4 Å². The highest BCUT2D eigenvalue weighted by atomic mass is 19.3. The molecule has 0 bridgehead atoms. The maximum Gasteiger partial charge on any atom is 0.317 e. The number of hydrogen-bond acceptors (Lipinski definition) is 7. The topological polar surface area (TPSA) is 131 Å². The highest BCUT2D eigenvalue weighted by molar-refractivity contribution is 5.93. The van der Waals surface area contributed by atoms with Crippen LogP contribution in [-0.2, 0) is 13.1 Å². The molecular formula is C21H24F2N8O3. The van der Waals surface area contributed by atoms with Crippen LogP contribution in [0.4, 0.5) is 13.6 Å². The van der Waals surface area contributed by atoms with E-state index in [1.807, 2.05) is 0 Å². The number of carbonyl (C=O) groups is 2. The Morgan fingerprint density at radius 1 is 1.29 bits per heavy atom. The summed E-state index contributed by atoms with van der Waals surface area (Å²) in [6.45, 7) is 0.280. The van der Waals surface area contributed by atoms with Crippen LogP contribution >= 0.6 is 0 Å². The zero-order valence-electron chi connectivity index (χ0n) is 18.5. The molecule has 2 saturated carbocycles. The lowest BCUT2D eigenvalue weighted by Gasteiger charge is -2.28. The quantitative estimate of drug-likeness (QED) is 0.537. The van der Waals surface area contributed by atoms with Gasteiger partial charge in [-0.15, -0.1) is 0 Å². The molecular weight excluding hydrogens is 450 g/mol. The fourth-order valence-electron chi connectivity index (χ4n) is 4.27. The normalized spacial score (nSPS) is 19.3.